The fraction of sp³-hybridized carbons (Fsp3) is 0.583. The quantitative estimate of drug-likeness (QED) is 0.528. The maximum absolute atomic E-state index is 9.14. The number of aryl methyl sites for hydroxylation is 1. The van der Waals surface area contributed by atoms with Crippen LogP contribution in [0.5, 0.6) is 0 Å². The van der Waals surface area contributed by atoms with Crippen molar-refractivity contribution in [1.29, 1.82) is 5.41 Å². The zero-order valence-corrected chi connectivity index (χ0v) is 10.6. The Kier molecular flexibility index (Phi) is 3.76. The van der Waals surface area contributed by atoms with Gasteiger partial charge in [-0.25, -0.2) is 9.97 Å². The van der Waals surface area contributed by atoms with E-state index in [1.807, 2.05) is 6.92 Å². The van der Waals surface area contributed by atoms with E-state index in [4.69, 9.17) is 16.2 Å². The van der Waals surface area contributed by atoms with E-state index in [2.05, 4.69) is 14.9 Å². The molecule has 1 aromatic rings. The first-order chi connectivity index (χ1) is 8.61. The molecule has 0 unspecified atom stereocenters. The largest absolute Gasteiger partial charge is 0.396 e. The molecule has 1 saturated heterocycles. The zero-order chi connectivity index (χ0) is 13.1. The molecule has 0 atom stereocenters. The van der Waals surface area contributed by atoms with Crippen LogP contribution in [0.1, 0.15) is 24.2 Å². The minimum Gasteiger partial charge on any atom is -0.396 e. The van der Waals surface area contributed by atoms with E-state index in [1.54, 1.807) is 6.20 Å². The molecule has 6 heteroatoms. The molecule has 0 bridgehead atoms. The maximum atomic E-state index is 9.14. The molecule has 0 aromatic carbocycles. The summed E-state index contributed by atoms with van der Waals surface area (Å²) in [4.78, 5) is 10.6. The number of anilines is 1. The standard InChI is InChI=1S/C12H19N5O/c1-8-15-6-10(11(13)14)12(16-8)17-4-2-9(7-18)3-5-17/h6,9,18H,2-5,7H2,1H3,(H3,13,14). The molecule has 0 aliphatic carbocycles. The van der Waals surface area contributed by atoms with Crippen molar-refractivity contribution >= 4 is 11.7 Å². The third-order valence-corrected chi connectivity index (χ3v) is 3.35. The highest BCUT2D eigenvalue weighted by atomic mass is 16.3. The van der Waals surface area contributed by atoms with Crippen LogP contribution in [-0.4, -0.2) is 40.6 Å². The van der Waals surface area contributed by atoms with Crippen LogP contribution in [0.25, 0.3) is 0 Å². The van der Waals surface area contributed by atoms with Gasteiger partial charge in [-0.15, -0.1) is 0 Å². The van der Waals surface area contributed by atoms with Crippen LogP contribution >= 0.6 is 0 Å². The van der Waals surface area contributed by atoms with Crippen molar-refractivity contribution < 1.29 is 5.11 Å². The number of aliphatic hydroxyl groups is 1. The Morgan fingerprint density at radius 2 is 2.22 bits per heavy atom. The highest BCUT2D eigenvalue weighted by Crippen LogP contribution is 2.24. The molecule has 0 amide bonds. The fourth-order valence-corrected chi connectivity index (χ4v) is 2.22. The van der Waals surface area contributed by atoms with E-state index in [0.717, 1.165) is 31.7 Å². The molecule has 4 N–H and O–H groups in total. The molecule has 0 radical (unpaired) electrons. The summed E-state index contributed by atoms with van der Waals surface area (Å²) in [5, 5.41) is 16.7. The lowest BCUT2D eigenvalue weighted by Crippen LogP contribution is -2.37. The molecule has 98 valence electrons. The first-order valence-electron chi connectivity index (χ1n) is 6.15. The number of nitrogens with two attached hydrogens (primary N) is 1. The predicted octanol–water partition coefficient (Wildman–Crippen LogP) is 0.278. The number of rotatable bonds is 3. The second kappa shape index (κ2) is 5.30. The molecule has 1 fully saturated rings. The normalized spacial score (nSPS) is 16.9. The minimum absolute atomic E-state index is 0.00529. The Morgan fingerprint density at radius 3 is 2.78 bits per heavy atom. The molecular weight excluding hydrogens is 230 g/mol. The van der Waals surface area contributed by atoms with Crippen molar-refractivity contribution in [2.45, 2.75) is 19.8 Å². The lowest BCUT2D eigenvalue weighted by Gasteiger charge is -2.33. The number of nitrogens with zero attached hydrogens (tertiary/aromatic N) is 3. The number of aliphatic hydroxyl groups excluding tert-OH is 1. The van der Waals surface area contributed by atoms with Crippen molar-refractivity contribution in [3.63, 3.8) is 0 Å². The molecule has 6 nitrogen and oxygen atoms in total. The maximum Gasteiger partial charge on any atom is 0.143 e. The van der Waals surface area contributed by atoms with Gasteiger partial charge in [0.15, 0.2) is 0 Å². The van der Waals surface area contributed by atoms with Crippen LogP contribution in [0.3, 0.4) is 0 Å². The third kappa shape index (κ3) is 2.59. The molecule has 1 aliphatic heterocycles. The number of nitrogen functional groups attached to an aromatic ring is 1. The van der Waals surface area contributed by atoms with E-state index in [0.29, 0.717) is 17.3 Å². The monoisotopic (exact) mass is 249 g/mol. The first kappa shape index (κ1) is 12.8. The van der Waals surface area contributed by atoms with E-state index in [1.165, 1.54) is 0 Å². The van der Waals surface area contributed by atoms with Gasteiger partial charge in [0.05, 0.1) is 5.56 Å². The third-order valence-electron chi connectivity index (χ3n) is 3.35. The summed E-state index contributed by atoms with van der Waals surface area (Å²) >= 11 is 0. The van der Waals surface area contributed by atoms with Crippen LogP contribution < -0.4 is 10.6 Å². The van der Waals surface area contributed by atoms with Gasteiger partial charge in [-0.1, -0.05) is 0 Å². The van der Waals surface area contributed by atoms with Crippen LogP contribution in [0, 0.1) is 18.3 Å². The molecule has 0 saturated carbocycles. The summed E-state index contributed by atoms with van der Waals surface area (Å²) in [5.41, 5.74) is 6.15. The second-order valence-electron chi connectivity index (χ2n) is 4.68. The molecule has 18 heavy (non-hydrogen) atoms. The summed E-state index contributed by atoms with van der Waals surface area (Å²) < 4.78 is 0. The average molecular weight is 249 g/mol. The summed E-state index contributed by atoms with van der Waals surface area (Å²) in [5.74, 6) is 1.80. The minimum atomic E-state index is -0.00529. The van der Waals surface area contributed by atoms with Crippen LogP contribution in [0.15, 0.2) is 6.20 Å². The van der Waals surface area contributed by atoms with Gasteiger partial charge < -0.3 is 15.7 Å². The van der Waals surface area contributed by atoms with E-state index >= 15 is 0 Å². The average Bonchev–Trinajstić information content (AvgIpc) is 2.38. The van der Waals surface area contributed by atoms with E-state index < -0.39 is 0 Å². The Morgan fingerprint density at radius 1 is 1.56 bits per heavy atom. The Labute approximate surface area is 106 Å². The Balaban J connectivity index is 2.22. The van der Waals surface area contributed by atoms with Gasteiger partial charge in [-0.05, 0) is 25.7 Å². The fourth-order valence-electron chi connectivity index (χ4n) is 2.22. The van der Waals surface area contributed by atoms with Crippen LogP contribution in [-0.2, 0) is 0 Å². The van der Waals surface area contributed by atoms with Crippen LogP contribution in [0.2, 0.25) is 0 Å². The Bertz CT molecular complexity index is 440. The number of nitrogens with one attached hydrogen (secondary N) is 1. The first-order valence-corrected chi connectivity index (χ1v) is 6.15. The number of amidine groups is 1. The lowest BCUT2D eigenvalue weighted by atomic mass is 9.97. The van der Waals surface area contributed by atoms with E-state index in [9.17, 15) is 0 Å². The number of piperidine rings is 1. The van der Waals surface area contributed by atoms with Crippen molar-refractivity contribution in [2.24, 2.45) is 11.7 Å². The van der Waals surface area contributed by atoms with Gasteiger partial charge >= 0.3 is 0 Å². The molecule has 0 spiro atoms. The highest BCUT2D eigenvalue weighted by molar-refractivity contribution is 5.99. The molecule has 1 aromatic heterocycles. The number of aromatic nitrogens is 2. The highest BCUT2D eigenvalue weighted by Gasteiger charge is 2.22. The molecule has 2 heterocycles. The SMILES string of the molecule is Cc1ncc(C(=N)N)c(N2CCC(CO)CC2)n1. The van der Waals surface area contributed by atoms with Crippen LogP contribution in [0.4, 0.5) is 5.82 Å². The predicted molar refractivity (Wildman–Crippen MR) is 69.8 cm³/mol. The van der Waals surface area contributed by atoms with Gasteiger partial charge in [-0.3, -0.25) is 5.41 Å². The molecular formula is C12H19N5O. The summed E-state index contributed by atoms with van der Waals surface area (Å²) in [6.45, 7) is 3.74. The number of hydrogen-bond donors (Lipinski definition) is 3. The molecule has 2 rings (SSSR count). The van der Waals surface area contributed by atoms with Crippen molar-refractivity contribution in [1.82, 2.24) is 9.97 Å². The smallest absolute Gasteiger partial charge is 0.143 e. The zero-order valence-electron chi connectivity index (χ0n) is 10.6. The number of hydrogen-bond acceptors (Lipinski definition) is 5. The summed E-state index contributed by atoms with van der Waals surface area (Å²) in [6.07, 6.45) is 3.49. The van der Waals surface area contributed by atoms with Crippen molar-refractivity contribution in [2.75, 3.05) is 24.6 Å². The van der Waals surface area contributed by atoms with E-state index in [-0.39, 0.29) is 12.4 Å². The van der Waals surface area contributed by atoms with Gasteiger partial charge in [0.2, 0.25) is 0 Å². The van der Waals surface area contributed by atoms with Gasteiger partial charge in [0.25, 0.3) is 0 Å². The topological polar surface area (TPSA) is 99.1 Å². The second-order valence-corrected chi connectivity index (χ2v) is 4.68. The lowest BCUT2D eigenvalue weighted by molar-refractivity contribution is 0.202. The Hall–Kier alpha value is -1.69. The van der Waals surface area contributed by atoms with Crippen molar-refractivity contribution in [3.8, 4) is 0 Å². The molecule has 1 aliphatic rings. The van der Waals surface area contributed by atoms with Gasteiger partial charge in [0.1, 0.15) is 17.5 Å². The van der Waals surface area contributed by atoms with Crippen molar-refractivity contribution in [3.05, 3.63) is 17.6 Å². The summed E-state index contributed by atoms with van der Waals surface area (Å²) in [6, 6.07) is 0. The van der Waals surface area contributed by atoms with Gasteiger partial charge in [-0.2, -0.15) is 0 Å². The van der Waals surface area contributed by atoms with Gasteiger partial charge in [0, 0.05) is 25.9 Å². The summed E-state index contributed by atoms with van der Waals surface area (Å²) in [7, 11) is 0.